The second kappa shape index (κ2) is 8.52. The van der Waals surface area contributed by atoms with E-state index in [4.69, 9.17) is 0 Å². The molecule has 1 aliphatic heterocycles. The predicted octanol–water partition coefficient (Wildman–Crippen LogP) is 3.55. The molecule has 4 rings (SSSR count). The van der Waals surface area contributed by atoms with Gasteiger partial charge >= 0.3 is 6.03 Å². The molecule has 1 aliphatic carbocycles. The Morgan fingerprint density at radius 3 is 2.47 bits per heavy atom. The lowest BCUT2D eigenvalue weighted by Gasteiger charge is -2.28. The molecule has 0 radical (unpaired) electrons. The molecule has 1 saturated carbocycles. The van der Waals surface area contributed by atoms with Crippen LogP contribution in [0.4, 0.5) is 21.3 Å². The van der Waals surface area contributed by atoms with E-state index in [1.54, 1.807) is 14.0 Å². The molecular weight excluding hydrogens is 422 g/mol. The number of rotatable bonds is 6. The third kappa shape index (κ3) is 4.76. The van der Waals surface area contributed by atoms with Crippen molar-refractivity contribution in [2.24, 2.45) is 0 Å². The number of hydrogen-bond donors (Lipinski definition) is 2. The van der Waals surface area contributed by atoms with Gasteiger partial charge in [-0.05, 0) is 63.3 Å². The van der Waals surface area contributed by atoms with Crippen molar-refractivity contribution in [1.82, 2.24) is 9.71 Å². The number of urea groups is 1. The minimum atomic E-state index is -3.60. The highest BCUT2D eigenvalue weighted by atomic mass is 32.2. The molecule has 30 heavy (non-hydrogen) atoms. The van der Waals surface area contributed by atoms with E-state index < -0.39 is 10.0 Å². The number of carbonyl (C=O) groups is 1. The summed E-state index contributed by atoms with van der Waals surface area (Å²) in [7, 11) is -2.01. The Hall–Kier alpha value is -2.17. The summed E-state index contributed by atoms with van der Waals surface area (Å²) >= 11 is 1.00. The number of anilines is 3. The first kappa shape index (κ1) is 21.1. The summed E-state index contributed by atoms with van der Waals surface area (Å²) in [6, 6.07) is 7.46. The van der Waals surface area contributed by atoms with E-state index in [-0.39, 0.29) is 16.3 Å². The first-order valence-electron chi connectivity index (χ1n) is 10.2. The average Bonchev–Trinajstić information content (AvgIpc) is 3.45. The van der Waals surface area contributed by atoms with Crippen LogP contribution in [0.15, 0.2) is 28.5 Å². The number of piperidine rings is 1. The molecule has 8 nitrogen and oxygen atoms in total. The van der Waals surface area contributed by atoms with Gasteiger partial charge in [-0.1, -0.05) is 11.3 Å². The average molecular weight is 450 g/mol. The molecule has 2 N–H and O–H groups in total. The van der Waals surface area contributed by atoms with Crippen molar-refractivity contribution in [2.75, 3.05) is 35.3 Å². The van der Waals surface area contributed by atoms with E-state index >= 15 is 0 Å². The van der Waals surface area contributed by atoms with E-state index in [2.05, 4.69) is 19.9 Å². The number of sulfonamides is 1. The van der Waals surface area contributed by atoms with Crippen molar-refractivity contribution in [3.63, 3.8) is 0 Å². The summed E-state index contributed by atoms with van der Waals surface area (Å²) in [6.07, 6.45) is 5.44. The Bertz CT molecular complexity index is 1010. The Kier molecular flexibility index (Phi) is 5.99. The summed E-state index contributed by atoms with van der Waals surface area (Å²) in [5.74, 6) is 0. The van der Waals surface area contributed by atoms with Gasteiger partial charge in [-0.25, -0.2) is 22.9 Å². The fourth-order valence-electron chi connectivity index (χ4n) is 3.44. The Morgan fingerprint density at radius 2 is 1.83 bits per heavy atom. The van der Waals surface area contributed by atoms with Gasteiger partial charge in [0.2, 0.25) is 0 Å². The monoisotopic (exact) mass is 449 g/mol. The van der Waals surface area contributed by atoms with Crippen LogP contribution in [0.3, 0.4) is 0 Å². The van der Waals surface area contributed by atoms with Crippen molar-refractivity contribution in [2.45, 2.75) is 49.3 Å². The van der Waals surface area contributed by atoms with Crippen LogP contribution in [0, 0.1) is 6.92 Å². The Balaban J connectivity index is 1.41. The number of amides is 2. The normalized spacial score (nSPS) is 17.1. The quantitative estimate of drug-likeness (QED) is 0.703. The number of hydrogen-bond acceptors (Lipinski definition) is 6. The van der Waals surface area contributed by atoms with Crippen LogP contribution in [-0.4, -0.2) is 45.6 Å². The van der Waals surface area contributed by atoms with E-state index in [0.29, 0.717) is 16.5 Å². The van der Waals surface area contributed by atoms with Gasteiger partial charge in [0.1, 0.15) is 0 Å². The van der Waals surface area contributed by atoms with Gasteiger partial charge in [0.05, 0.1) is 5.69 Å². The lowest BCUT2D eigenvalue weighted by atomic mass is 10.1. The standard InChI is InChI=1S/C20H27N5O3S2/c1-14-18(30(27,28)23-16-6-7-16)29-20(21-14)24(2)19(26)22-15-8-10-17(11-9-15)25-12-4-3-5-13-25/h8-11,16,23H,3-7,12-13H2,1-2H3,(H,22,26). The maximum absolute atomic E-state index is 12.7. The molecule has 0 unspecified atom stereocenters. The van der Waals surface area contributed by atoms with Gasteiger partial charge < -0.3 is 10.2 Å². The summed E-state index contributed by atoms with van der Waals surface area (Å²) in [5, 5.41) is 3.19. The molecule has 2 fully saturated rings. The number of aryl methyl sites for hydroxylation is 1. The van der Waals surface area contributed by atoms with E-state index in [0.717, 1.165) is 43.0 Å². The molecule has 0 bridgehead atoms. The number of aromatic nitrogens is 1. The molecule has 2 aromatic rings. The summed E-state index contributed by atoms with van der Waals surface area (Å²) in [5.41, 5.74) is 2.24. The third-order valence-electron chi connectivity index (χ3n) is 5.32. The largest absolute Gasteiger partial charge is 0.372 e. The Morgan fingerprint density at radius 1 is 1.17 bits per heavy atom. The lowest BCUT2D eigenvalue weighted by Crippen LogP contribution is -2.31. The van der Waals surface area contributed by atoms with Gasteiger partial charge in [-0.15, -0.1) is 0 Å². The highest BCUT2D eigenvalue weighted by Gasteiger charge is 2.31. The fraction of sp³-hybridized carbons (Fsp3) is 0.500. The summed E-state index contributed by atoms with van der Waals surface area (Å²) in [6.45, 7) is 3.78. The van der Waals surface area contributed by atoms with Crippen molar-refractivity contribution in [3.8, 4) is 0 Å². The van der Waals surface area contributed by atoms with Crippen molar-refractivity contribution in [1.29, 1.82) is 0 Å². The highest BCUT2D eigenvalue weighted by Crippen LogP contribution is 2.31. The SMILES string of the molecule is Cc1nc(N(C)C(=O)Nc2ccc(N3CCCCC3)cc2)sc1S(=O)(=O)NC1CC1. The van der Waals surface area contributed by atoms with Gasteiger partial charge in [0.25, 0.3) is 10.0 Å². The first-order valence-corrected chi connectivity index (χ1v) is 12.5. The molecule has 1 aromatic carbocycles. The zero-order chi connectivity index (χ0) is 21.3. The number of thiazole rings is 1. The molecule has 162 valence electrons. The van der Waals surface area contributed by atoms with E-state index in [1.807, 2.05) is 24.3 Å². The van der Waals surface area contributed by atoms with E-state index in [1.165, 1.54) is 24.2 Å². The van der Waals surface area contributed by atoms with Crippen molar-refractivity contribution >= 4 is 43.9 Å². The molecule has 2 amide bonds. The van der Waals surface area contributed by atoms with Gasteiger partial charge in [0.15, 0.2) is 9.34 Å². The van der Waals surface area contributed by atoms with Crippen LogP contribution >= 0.6 is 11.3 Å². The van der Waals surface area contributed by atoms with E-state index in [9.17, 15) is 13.2 Å². The summed E-state index contributed by atoms with van der Waals surface area (Å²) in [4.78, 5) is 20.7. The molecule has 1 aromatic heterocycles. The maximum Gasteiger partial charge on any atom is 0.327 e. The minimum Gasteiger partial charge on any atom is -0.372 e. The second-order valence-electron chi connectivity index (χ2n) is 7.85. The number of carbonyl (C=O) groups excluding carboxylic acids is 1. The topological polar surface area (TPSA) is 94.6 Å². The highest BCUT2D eigenvalue weighted by molar-refractivity contribution is 7.91. The third-order valence-corrected chi connectivity index (χ3v) is 8.68. The van der Waals surface area contributed by atoms with Gasteiger partial charge in [0, 0.05) is 37.6 Å². The predicted molar refractivity (Wildman–Crippen MR) is 120 cm³/mol. The van der Waals surface area contributed by atoms with Crippen LogP contribution in [0.1, 0.15) is 37.8 Å². The smallest absolute Gasteiger partial charge is 0.327 e. The number of nitrogens with zero attached hydrogens (tertiary/aromatic N) is 3. The number of benzene rings is 1. The minimum absolute atomic E-state index is 0.0221. The lowest BCUT2D eigenvalue weighted by molar-refractivity contribution is 0.258. The van der Waals surface area contributed by atoms with Gasteiger partial charge in [-0.2, -0.15) is 0 Å². The van der Waals surface area contributed by atoms with Crippen LogP contribution in [0.25, 0.3) is 0 Å². The molecule has 2 heterocycles. The van der Waals surface area contributed by atoms with Crippen LogP contribution < -0.4 is 19.8 Å². The molecule has 0 spiro atoms. The maximum atomic E-state index is 12.7. The first-order chi connectivity index (χ1) is 14.3. The van der Waals surface area contributed by atoms with Crippen LogP contribution in [0.2, 0.25) is 0 Å². The zero-order valence-electron chi connectivity index (χ0n) is 17.2. The van der Waals surface area contributed by atoms with Crippen molar-refractivity contribution in [3.05, 3.63) is 30.0 Å². The second-order valence-corrected chi connectivity index (χ2v) is 10.7. The van der Waals surface area contributed by atoms with Crippen molar-refractivity contribution < 1.29 is 13.2 Å². The molecule has 10 heteroatoms. The fourth-order valence-corrected chi connectivity index (χ4v) is 6.22. The zero-order valence-corrected chi connectivity index (χ0v) is 18.9. The summed E-state index contributed by atoms with van der Waals surface area (Å²) < 4.78 is 27.8. The molecular formula is C20H27N5O3S2. The van der Waals surface area contributed by atoms with Gasteiger partial charge in [-0.3, -0.25) is 4.90 Å². The number of nitrogens with one attached hydrogen (secondary N) is 2. The van der Waals surface area contributed by atoms with Crippen LogP contribution in [-0.2, 0) is 10.0 Å². The molecule has 2 aliphatic rings. The molecule has 1 saturated heterocycles. The molecule has 0 atom stereocenters. The van der Waals surface area contributed by atoms with Crippen LogP contribution in [0.5, 0.6) is 0 Å². The Labute approximate surface area is 181 Å².